The van der Waals surface area contributed by atoms with Crippen LogP contribution in [-0.4, -0.2) is 20.5 Å². The van der Waals surface area contributed by atoms with E-state index in [1.165, 1.54) is 0 Å². The molecular formula is C9H15F3O3S. The molecule has 0 heterocycles. The van der Waals surface area contributed by atoms with Gasteiger partial charge in [-0.05, 0) is 19.3 Å². The monoisotopic (exact) mass is 260 g/mol. The predicted molar refractivity (Wildman–Crippen MR) is 54.2 cm³/mol. The zero-order chi connectivity index (χ0) is 12.7. The van der Waals surface area contributed by atoms with E-state index in [-0.39, 0.29) is 0 Å². The van der Waals surface area contributed by atoms with E-state index in [1.807, 2.05) is 0 Å². The maximum absolute atomic E-state index is 11.8. The Morgan fingerprint density at radius 1 is 1.12 bits per heavy atom. The van der Waals surface area contributed by atoms with Crippen LogP contribution in [0.5, 0.6) is 0 Å². The predicted octanol–water partition coefficient (Wildman–Crippen LogP) is 2.99. The van der Waals surface area contributed by atoms with Crippen LogP contribution in [0, 0.1) is 0 Å². The van der Waals surface area contributed by atoms with Gasteiger partial charge in [0.05, 0.1) is 6.61 Å². The van der Waals surface area contributed by atoms with Gasteiger partial charge in [-0.15, -0.1) is 6.58 Å². The lowest BCUT2D eigenvalue weighted by Gasteiger charge is -2.07. The number of alkyl halides is 3. The average molecular weight is 260 g/mol. The van der Waals surface area contributed by atoms with Gasteiger partial charge in [0.1, 0.15) is 0 Å². The van der Waals surface area contributed by atoms with Gasteiger partial charge in [0.25, 0.3) is 0 Å². The van der Waals surface area contributed by atoms with Crippen LogP contribution in [0.2, 0.25) is 0 Å². The molecule has 0 aliphatic rings. The van der Waals surface area contributed by atoms with Crippen molar-refractivity contribution >= 4 is 10.1 Å². The van der Waals surface area contributed by atoms with Crippen LogP contribution in [0.1, 0.15) is 32.1 Å². The molecule has 3 nitrogen and oxygen atoms in total. The topological polar surface area (TPSA) is 43.4 Å². The fourth-order valence-electron chi connectivity index (χ4n) is 0.980. The van der Waals surface area contributed by atoms with Gasteiger partial charge in [0, 0.05) is 0 Å². The SMILES string of the molecule is C=CCCCCCCOS(=O)(=O)C(F)(F)F. The second kappa shape index (κ2) is 6.90. The highest BCUT2D eigenvalue weighted by atomic mass is 32.2. The van der Waals surface area contributed by atoms with E-state index < -0.39 is 22.2 Å². The minimum Gasteiger partial charge on any atom is -0.263 e. The van der Waals surface area contributed by atoms with Gasteiger partial charge < -0.3 is 0 Å². The summed E-state index contributed by atoms with van der Waals surface area (Å²) in [6.07, 6.45) is 5.26. The lowest BCUT2D eigenvalue weighted by Crippen LogP contribution is -2.25. The summed E-state index contributed by atoms with van der Waals surface area (Å²) in [5.41, 5.74) is -5.32. The molecule has 0 unspecified atom stereocenters. The first-order valence-electron chi connectivity index (χ1n) is 4.88. The summed E-state index contributed by atoms with van der Waals surface area (Å²) in [7, 11) is -5.41. The highest BCUT2D eigenvalue weighted by Gasteiger charge is 2.47. The normalized spacial score (nSPS) is 12.7. The lowest BCUT2D eigenvalue weighted by molar-refractivity contribution is -0.0542. The Bertz CT molecular complexity index is 296. The van der Waals surface area contributed by atoms with Crippen molar-refractivity contribution in [2.24, 2.45) is 0 Å². The van der Waals surface area contributed by atoms with E-state index in [9.17, 15) is 21.6 Å². The minimum absolute atomic E-state index is 0.298. The molecule has 0 N–H and O–H groups in total. The summed E-state index contributed by atoms with van der Waals surface area (Å²) in [6.45, 7) is 3.10. The summed E-state index contributed by atoms with van der Waals surface area (Å²) in [6, 6.07) is 0. The van der Waals surface area contributed by atoms with Crippen LogP contribution in [-0.2, 0) is 14.3 Å². The third kappa shape index (κ3) is 6.12. The van der Waals surface area contributed by atoms with Crippen molar-refractivity contribution < 1.29 is 25.8 Å². The molecule has 0 bridgehead atoms. The Balaban J connectivity index is 3.64. The molecular weight excluding hydrogens is 245 g/mol. The zero-order valence-corrected chi connectivity index (χ0v) is 9.61. The van der Waals surface area contributed by atoms with E-state index in [1.54, 1.807) is 6.08 Å². The van der Waals surface area contributed by atoms with Crippen molar-refractivity contribution in [3.05, 3.63) is 12.7 Å². The van der Waals surface area contributed by atoms with Crippen molar-refractivity contribution in [1.29, 1.82) is 0 Å². The summed E-state index contributed by atoms with van der Waals surface area (Å²) >= 11 is 0. The molecule has 0 aliphatic heterocycles. The van der Waals surface area contributed by atoms with Gasteiger partial charge >= 0.3 is 15.6 Å². The van der Waals surface area contributed by atoms with Gasteiger partial charge in [-0.3, -0.25) is 4.18 Å². The highest BCUT2D eigenvalue weighted by molar-refractivity contribution is 7.87. The first kappa shape index (κ1) is 15.4. The number of halogens is 3. The van der Waals surface area contributed by atoms with Gasteiger partial charge in [0.15, 0.2) is 0 Å². The Kier molecular flexibility index (Phi) is 6.66. The Labute approximate surface area is 93.4 Å². The summed E-state index contributed by atoms with van der Waals surface area (Å²) in [5.74, 6) is 0. The number of unbranched alkanes of at least 4 members (excludes halogenated alkanes) is 4. The zero-order valence-electron chi connectivity index (χ0n) is 8.79. The van der Waals surface area contributed by atoms with Crippen molar-refractivity contribution in [3.63, 3.8) is 0 Å². The van der Waals surface area contributed by atoms with E-state index >= 15 is 0 Å². The van der Waals surface area contributed by atoms with Gasteiger partial charge in [-0.2, -0.15) is 21.6 Å². The standard InChI is InChI=1S/C9H15F3O3S/c1-2-3-4-5-6-7-8-15-16(13,14)9(10,11)12/h2H,1,3-8H2. The first-order valence-corrected chi connectivity index (χ1v) is 6.28. The van der Waals surface area contributed by atoms with Crippen LogP contribution in [0.15, 0.2) is 12.7 Å². The van der Waals surface area contributed by atoms with Crippen molar-refractivity contribution in [2.75, 3.05) is 6.61 Å². The van der Waals surface area contributed by atoms with Crippen LogP contribution >= 0.6 is 0 Å². The number of hydrogen-bond donors (Lipinski definition) is 0. The maximum atomic E-state index is 11.8. The van der Waals surface area contributed by atoms with Crippen molar-refractivity contribution in [3.8, 4) is 0 Å². The number of rotatable bonds is 8. The maximum Gasteiger partial charge on any atom is 0.523 e. The molecule has 0 spiro atoms. The minimum atomic E-state index is -5.41. The molecule has 0 saturated carbocycles. The van der Waals surface area contributed by atoms with Crippen molar-refractivity contribution in [2.45, 2.75) is 37.6 Å². The Hall–Kier alpha value is -0.560. The quantitative estimate of drug-likeness (QED) is 0.291. The summed E-state index contributed by atoms with van der Waals surface area (Å²) in [5, 5.41) is 0. The lowest BCUT2D eigenvalue weighted by atomic mass is 10.1. The molecule has 0 aromatic carbocycles. The van der Waals surface area contributed by atoms with Crippen LogP contribution in [0.4, 0.5) is 13.2 Å². The van der Waals surface area contributed by atoms with Crippen molar-refractivity contribution in [1.82, 2.24) is 0 Å². The number of hydrogen-bond acceptors (Lipinski definition) is 3. The molecule has 0 fully saturated rings. The average Bonchev–Trinajstić information content (AvgIpc) is 2.14. The summed E-state index contributed by atoms with van der Waals surface area (Å²) < 4.78 is 60.0. The molecule has 0 saturated heterocycles. The highest BCUT2D eigenvalue weighted by Crippen LogP contribution is 2.24. The molecule has 0 aromatic heterocycles. The second-order valence-electron chi connectivity index (χ2n) is 3.21. The molecule has 7 heteroatoms. The molecule has 16 heavy (non-hydrogen) atoms. The molecule has 0 atom stereocenters. The fourth-order valence-corrected chi connectivity index (χ4v) is 1.45. The second-order valence-corrected chi connectivity index (χ2v) is 4.82. The molecule has 0 radical (unpaired) electrons. The van der Waals surface area contributed by atoms with Crippen LogP contribution in [0.3, 0.4) is 0 Å². The molecule has 0 rings (SSSR count). The van der Waals surface area contributed by atoms with E-state index in [4.69, 9.17) is 0 Å². The molecule has 0 aromatic rings. The number of allylic oxidation sites excluding steroid dienone is 1. The third-order valence-electron chi connectivity index (χ3n) is 1.82. The third-order valence-corrected chi connectivity index (χ3v) is 2.87. The molecule has 0 aliphatic carbocycles. The summed E-state index contributed by atoms with van der Waals surface area (Å²) in [4.78, 5) is 0. The smallest absolute Gasteiger partial charge is 0.263 e. The molecule has 0 amide bonds. The van der Waals surface area contributed by atoms with E-state index in [0.717, 1.165) is 19.3 Å². The molecule has 96 valence electrons. The van der Waals surface area contributed by atoms with Crippen LogP contribution in [0.25, 0.3) is 0 Å². The van der Waals surface area contributed by atoms with E-state index in [0.29, 0.717) is 12.8 Å². The fraction of sp³-hybridized carbons (Fsp3) is 0.778. The Morgan fingerprint density at radius 2 is 1.69 bits per heavy atom. The van der Waals surface area contributed by atoms with Gasteiger partial charge in [-0.25, -0.2) is 0 Å². The van der Waals surface area contributed by atoms with Gasteiger partial charge in [0.2, 0.25) is 0 Å². The first-order chi connectivity index (χ1) is 7.31. The Morgan fingerprint density at radius 3 is 2.19 bits per heavy atom. The largest absolute Gasteiger partial charge is 0.523 e. The van der Waals surface area contributed by atoms with Crippen LogP contribution < -0.4 is 0 Å². The van der Waals surface area contributed by atoms with E-state index in [2.05, 4.69) is 10.8 Å². The van der Waals surface area contributed by atoms with Gasteiger partial charge in [-0.1, -0.05) is 18.9 Å².